The minimum atomic E-state index is -0.791. The molecule has 0 spiro atoms. The van der Waals surface area contributed by atoms with Crippen LogP contribution < -0.4 is 9.64 Å². The maximum atomic E-state index is 13.6. The van der Waals surface area contributed by atoms with Gasteiger partial charge in [-0.15, -0.1) is 0 Å². The lowest BCUT2D eigenvalue weighted by atomic mass is 9.85. The topological polar surface area (TPSA) is 110 Å². The van der Waals surface area contributed by atoms with Crippen molar-refractivity contribution >= 4 is 29.0 Å². The summed E-state index contributed by atoms with van der Waals surface area (Å²) < 4.78 is 5.27. The van der Waals surface area contributed by atoms with Crippen LogP contribution in [-0.2, 0) is 9.59 Å². The van der Waals surface area contributed by atoms with Crippen molar-refractivity contribution in [2.24, 2.45) is 11.8 Å². The summed E-state index contributed by atoms with van der Waals surface area (Å²) in [4.78, 5) is 54.2. The highest BCUT2D eigenvalue weighted by molar-refractivity contribution is 6.25. The molecule has 2 aromatic carbocycles. The maximum Gasteiger partial charge on any atom is 0.273 e. The first-order chi connectivity index (χ1) is 15.4. The van der Waals surface area contributed by atoms with Gasteiger partial charge in [-0.2, -0.15) is 0 Å². The van der Waals surface area contributed by atoms with Crippen molar-refractivity contribution in [3.63, 3.8) is 0 Å². The number of anilines is 1. The van der Waals surface area contributed by atoms with Gasteiger partial charge in [-0.25, -0.2) is 4.90 Å². The normalized spacial score (nSPS) is 26.8. The minimum absolute atomic E-state index is 0.0649. The zero-order valence-corrected chi connectivity index (χ0v) is 17.3. The van der Waals surface area contributed by atoms with E-state index in [0.29, 0.717) is 12.1 Å². The van der Waals surface area contributed by atoms with Gasteiger partial charge in [0.2, 0.25) is 11.8 Å². The Balaban J connectivity index is 1.56. The fourth-order valence-corrected chi connectivity index (χ4v) is 5.49. The standard InChI is InChI=1S/C23H21N3O6/c1-32-17-12-14(26(30)31)9-10-15(17)25-22(28)18-16-8-5-11-24(16)20(19(18)23(25)29)21(27)13-6-3-2-4-7-13/h2-4,6-7,9-10,12,16,18-20H,5,8,11H2,1H3/t16-,18+,19+,20-/m0/s1. The number of ether oxygens (including phenoxy) is 1. The van der Waals surface area contributed by atoms with Crippen molar-refractivity contribution in [2.45, 2.75) is 24.9 Å². The average Bonchev–Trinajstić information content (AvgIpc) is 3.45. The summed E-state index contributed by atoms with van der Waals surface area (Å²) in [5.41, 5.74) is 0.470. The molecule has 3 heterocycles. The number of hydrogen-bond donors (Lipinski definition) is 0. The first-order valence-electron chi connectivity index (χ1n) is 10.5. The highest BCUT2D eigenvalue weighted by Gasteiger charge is 2.65. The molecule has 0 unspecified atom stereocenters. The number of benzene rings is 2. The van der Waals surface area contributed by atoms with Crippen LogP contribution in [-0.4, -0.2) is 53.2 Å². The van der Waals surface area contributed by atoms with Gasteiger partial charge in [0.25, 0.3) is 5.69 Å². The fourth-order valence-electron chi connectivity index (χ4n) is 5.49. The number of Topliss-reactive ketones (excluding diaryl/α,β-unsaturated/α-hetero) is 1. The third kappa shape index (κ3) is 2.85. The van der Waals surface area contributed by atoms with Crippen LogP contribution in [0.2, 0.25) is 0 Å². The molecule has 2 amide bonds. The van der Waals surface area contributed by atoms with Crippen LogP contribution in [0.15, 0.2) is 48.5 Å². The molecule has 0 radical (unpaired) electrons. The molecule has 32 heavy (non-hydrogen) atoms. The largest absolute Gasteiger partial charge is 0.494 e. The summed E-state index contributed by atoms with van der Waals surface area (Å²) in [6, 6.07) is 11.7. The number of amides is 2. The van der Waals surface area contributed by atoms with E-state index in [9.17, 15) is 24.5 Å². The molecule has 3 saturated heterocycles. The van der Waals surface area contributed by atoms with E-state index in [1.165, 1.54) is 25.3 Å². The van der Waals surface area contributed by atoms with Crippen molar-refractivity contribution in [1.29, 1.82) is 0 Å². The van der Waals surface area contributed by atoms with Gasteiger partial charge >= 0.3 is 0 Å². The number of carbonyl (C=O) groups excluding carboxylic acids is 3. The molecule has 0 aromatic heterocycles. The third-order valence-corrected chi connectivity index (χ3v) is 6.79. The fraction of sp³-hybridized carbons (Fsp3) is 0.348. The van der Waals surface area contributed by atoms with Gasteiger partial charge in [0.1, 0.15) is 5.75 Å². The Labute approximate surface area is 183 Å². The van der Waals surface area contributed by atoms with E-state index in [2.05, 4.69) is 0 Å². The van der Waals surface area contributed by atoms with Crippen LogP contribution >= 0.6 is 0 Å². The molecule has 4 atom stereocenters. The number of nitrogens with zero attached hydrogens (tertiary/aromatic N) is 3. The van der Waals surface area contributed by atoms with Crippen LogP contribution in [0.5, 0.6) is 5.75 Å². The lowest BCUT2D eigenvalue weighted by molar-refractivity contribution is -0.384. The number of hydrogen-bond acceptors (Lipinski definition) is 7. The predicted molar refractivity (Wildman–Crippen MR) is 113 cm³/mol. The zero-order chi connectivity index (χ0) is 22.6. The summed E-state index contributed by atoms with van der Waals surface area (Å²) >= 11 is 0. The van der Waals surface area contributed by atoms with Crippen molar-refractivity contribution in [3.8, 4) is 5.75 Å². The number of imide groups is 1. The number of non-ortho nitro benzene ring substituents is 1. The quantitative estimate of drug-likeness (QED) is 0.307. The van der Waals surface area contributed by atoms with Crippen LogP contribution in [0.4, 0.5) is 11.4 Å². The van der Waals surface area contributed by atoms with E-state index in [1.54, 1.807) is 24.3 Å². The van der Waals surface area contributed by atoms with Crippen molar-refractivity contribution in [2.75, 3.05) is 18.6 Å². The minimum Gasteiger partial charge on any atom is -0.494 e. The first-order valence-corrected chi connectivity index (χ1v) is 10.5. The average molecular weight is 435 g/mol. The molecule has 0 aliphatic carbocycles. The van der Waals surface area contributed by atoms with Crippen LogP contribution in [0.3, 0.4) is 0 Å². The number of nitro groups is 1. The van der Waals surface area contributed by atoms with Gasteiger partial charge in [0, 0.05) is 17.7 Å². The molecule has 0 bridgehead atoms. The Bertz CT molecular complexity index is 1130. The van der Waals surface area contributed by atoms with Crippen LogP contribution in [0.1, 0.15) is 23.2 Å². The van der Waals surface area contributed by atoms with E-state index in [-0.39, 0.29) is 34.9 Å². The van der Waals surface area contributed by atoms with Gasteiger partial charge < -0.3 is 4.74 Å². The Kier molecular flexibility index (Phi) is 4.78. The summed E-state index contributed by atoms with van der Waals surface area (Å²) in [6.07, 6.45) is 1.60. The second-order valence-electron chi connectivity index (χ2n) is 8.30. The second kappa shape index (κ2) is 7.52. The molecule has 3 aliphatic rings. The Morgan fingerprint density at radius 2 is 1.81 bits per heavy atom. The van der Waals surface area contributed by atoms with Crippen LogP contribution in [0, 0.1) is 22.0 Å². The van der Waals surface area contributed by atoms with E-state index in [4.69, 9.17) is 4.74 Å². The van der Waals surface area contributed by atoms with E-state index in [1.807, 2.05) is 11.0 Å². The molecule has 5 rings (SSSR count). The monoisotopic (exact) mass is 435 g/mol. The van der Waals surface area contributed by atoms with Gasteiger partial charge in [-0.3, -0.25) is 29.4 Å². The molecular weight excluding hydrogens is 414 g/mol. The molecule has 3 fully saturated rings. The van der Waals surface area contributed by atoms with E-state index in [0.717, 1.165) is 17.7 Å². The number of rotatable bonds is 5. The molecule has 9 heteroatoms. The lowest BCUT2D eigenvalue weighted by Crippen LogP contribution is -2.46. The number of methoxy groups -OCH3 is 1. The number of fused-ring (bicyclic) bond motifs is 3. The molecule has 9 nitrogen and oxygen atoms in total. The number of carbonyl (C=O) groups is 3. The number of nitro benzene ring substituents is 1. The van der Waals surface area contributed by atoms with Crippen molar-refractivity contribution in [1.82, 2.24) is 4.90 Å². The van der Waals surface area contributed by atoms with E-state index >= 15 is 0 Å². The highest BCUT2D eigenvalue weighted by Crippen LogP contribution is 2.49. The third-order valence-electron chi connectivity index (χ3n) is 6.79. The van der Waals surface area contributed by atoms with E-state index < -0.39 is 28.7 Å². The SMILES string of the molecule is COc1cc([N+](=O)[O-])ccc1N1C(=O)[C@@H]2[C@H](C1=O)[C@@H]1CCCN1[C@@H]2C(=O)c1ccccc1. The van der Waals surface area contributed by atoms with Gasteiger partial charge in [0.05, 0.1) is 41.7 Å². The summed E-state index contributed by atoms with van der Waals surface area (Å²) in [6.45, 7) is 0.669. The Morgan fingerprint density at radius 3 is 2.50 bits per heavy atom. The molecule has 3 aliphatic heterocycles. The Hall–Kier alpha value is -3.59. The van der Waals surface area contributed by atoms with Gasteiger partial charge in [0.15, 0.2) is 5.78 Å². The molecule has 2 aromatic rings. The summed E-state index contributed by atoms with van der Waals surface area (Å²) in [5.74, 6) is -2.36. The Morgan fingerprint density at radius 1 is 1.09 bits per heavy atom. The molecule has 0 N–H and O–H groups in total. The summed E-state index contributed by atoms with van der Waals surface area (Å²) in [7, 11) is 1.33. The van der Waals surface area contributed by atoms with Crippen molar-refractivity contribution < 1.29 is 24.0 Å². The first kappa shape index (κ1) is 20.3. The van der Waals surface area contributed by atoms with Crippen molar-refractivity contribution in [3.05, 3.63) is 64.2 Å². The molecule has 164 valence electrons. The molecular formula is C23H21N3O6. The van der Waals surface area contributed by atoms with Crippen LogP contribution in [0.25, 0.3) is 0 Å². The number of ketones is 1. The van der Waals surface area contributed by atoms with Gasteiger partial charge in [-0.1, -0.05) is 30.3 Å². The smallest absolute Gasteiger partial charge is 0.273 e. The predicted octanol–water partition coefficient (Wildman–Crippen LogP) is 2.44. The lowest BCUT2D eigenvalue weighted by Gasteiger charge is -2.28. The maximum absolute atomic E-state index is 13.6. The van der Waals surface area contributed by atoms with Gasteiger partial charge in [-0.05, 0) is 25.5 Å². The zero-order valence-electron chi connectivity index (χ0n) is 17.3. The molecule has 0 saturated carbocycles. The summed E-state index contributed by atoms with van der Waals surface area (Å²) in [5, 5.41) is 11.1. The second-order valence-corrected chi connectivity index (χ2v) is 8.30. The highest BCUT2D eigenvalue weighted by atomic mass is 16.6.